The molecule has 0 amide bonds. The van der Waals surface area contributed by atoms with Crippen LogP contribution in [0.15, 0.2) is 24.3 Å². The van der Waals surface area contributed by atoms with E-state index >= 15 is 0 Å². The number of para-hydroxylation sites is 1. The molecule has 1 unspecified atom stereocenters. The van der Waals surface area contributed by atoms with Crippen molar-refractivity contribution in [2.75, 3.05) is 19.1 Å². The van der Waals surface area contributed by atoms with E-state index in [1.807, 2.05) is 19.1 Å². The standard InChI is InChI=1S/C11H16ClO4P/c1-3-14-17(13,15-9-8-12)16-11-7-5-4-6-10(11)2/h4-7H,3,8-9H2,1-2H3. The first-order valence-electron chi connectivity index (χ1n) is 5.31. The largest absolute Gasteiger partial charge is 0.530 e. The summed E-state index contributed by atoms with van der Waals surface area (Å²) in [6.07, 6.45) is 0. The molecular formula is C11H16ClO4P. The van der Waals surface area contributed by atoms with Gasteiger partial charge < -0.3 is 4.52 Å². The summed E-state index contributed by atoms with van der Waals surface area (Å²) >= 11 is 5.48. The Morgan fingerprint density at radius 2 is 2.00 bits per heavy atom. The molecule has 0 radical (unpaired) electrons. The van der Waals surface area contributed by atoms with Gasteiger partial charge in [0.1, 0.15) is 5.75 Å². The van der Waals surface area contributed by atoms with Gasteiger partial charge in [-0.25, -0.2) is 4.57 Å². The molecule has 0 heterocycles. The first kappa shape index (κ1) is 14.5. The number of hydrogen-bond acceptors (Lipinski definition) is 4. The second kappa shape index (κ2) is 7.02. The minimum Gasteiger partial charge on any atom is -0.404 e. The lowest BCUT2D eigenvalue weighted by Gasteiger charge is -2.18. The fourth-order valence-electron chi connectivity index (χ4n) is 1.17. The Morgan fingerprint density at radius 3 is 2.59 bits per heavy atom. The maximum absolute atomic E-state index is 12.2. The van der Waals surface area contributed by atoms with Gasteiger partial charge in [-0.05, 0) is 25.5 Å². The van der Waals surface area contributed by atoms with E-state index in [0.717, 1.165) is 5.56 Å². The molecule has 0 saturated carbocycles. The molecule has 0 N–H and O–H groups in total. The fraction of sp³-hybridized carbons (Fsp3) is 0.455. The highest BCUT2D eigenvalue weighted by molar-refractivity contribution is 7.48. The van der Waals surface area contributed by atoms with E-state index < -0.39 is 7.82 Å². The summed E-state index contributed by atoms with van der Waals surface area (Å²) in [6.45, 7) is 3.93. The lowest BCUT2D eigenvalue weighted by molar-refractivity contribution is 0.168. The molecule has 0 saturated heterocycles. The minimum absolute atomic E-state index is 0.116. The van der Waals surface area contributed by atoms with Crippen LogP contribution in [0, 0.1) is 6.92 Å². The Bertz CT molecular complexity index is 397. The van der Waals surface area contributed by atoms with Gasteiger partial charge in [0.15, 0.2) is 0 Å². The summed E-state index contributed by atoms with van der Waals surface area (Å²) in [5, 5.41) is 0. The van der Waals surface area contributed by atoms with Crippen molar-refractivity contribution < 1.29 is 18.1 Å². The molecular weight excluding hydrogens is 263 g/mol. The van der Waals surface area contributed by atoms with Gasteiger partial charge in [-0.2, -0.15) is 0 Å². The van der Waals surface area contributed by atoms with Gasteiger partial charge in [0, 0.05) is 5.88 Å². The monoisotopic (exact) mass is 278 g/mol. The summed E-state index contributed by atoms with van der Waals surface area (Å²) in [7, 11) is -3.57. The second-order valence-electron chi connectivity index (χ2n) is 3.24. The zero-order valence-electron chi connectivity index (χ0n) is 9.89. The summed E-state index contributed by atoms with van der Waals surface area (Å²) in [5.74, 6) is 0.715. The van der Waals surface area contributed by atoms with Gasteiger partial charge in [0.25, 0.3) is 0 Å². The molecule has 0 aliphatic carbocycles. The van der Waals surface area contributed by atoms with Crippen molar-refractivity contribution in [3.63, 3.8) is 0 Å². The van der Waals surface area contributed by atoms with Crippen LogP contribution in [0.2, 0.25) is 0 Å². The normalized spacial score (nSPS) is 14.3. The lowest BCUT2D eigenvalue weighted by Crippen LogP contribution is -2.05. The van der Waals surface area contributed by atoms with Gasteiger partial charge >= 0.3 is 7.82 Å². The maximum Gasteiger partial charge on any atom is 0.530 e. The Morgan fingerprint density at radius 1 is 1.29 bits per heavy atom. The molecule has 0 bridgehead atoms. The Labute approximate surface area is 106 Å². The van der Waals surface area contributed by atoms with Gasteiger partial charge in [-0.15, -0.1) is 11.6 Å². The molecule has 1 atom stereocenters. The molecule has 0 fully saturated rings. The van der Waals surface area contributed by atoms with Crippen LogP contribution in [0.1, 0.15) is 12.5 Å². The lowest BCUT2D eigenvalue weighted by atomic mass is 10.2. The van der Waals surface area contributed by atoms with Gasteiger partial charge in [-0.3, -0.25) is 9.05 Å². The highest BCUT2D eigenvalue weighted by atomic mass is 35.5. The Hall–Kier alpha value is -0.540. The average molecular weight is 279 g/mol. The van der Waals surface area contributed by atoms with Crippen molar-refractivity contribution >= 4 is 19.4 Å². The molecule has 0 aliphatic heterocycles. The van der Waals surface area contributed by atoms with Crippen LogP contribution in [-0.4, -0.2) is 19.1 Å². The quantitative estimate of drug-likeness (QED) is 0.562. The zero-order chi connectivity index (χ0) is 12.7. The van der Waals surface area contributed by atoms with Crippen molar-refractivity contribution in [3.8, 4) is 5.75 Å². The molecule has 0 aliphatic rings. The number of rotatable bonds is 7. The minimum atomic E-state index is -3.57. The van der Waals surface area contributed by atoms with E-state index in [4.69, 9.17) is 25.2 Å². The van der Waals surface area contributed by atoms with Crippen LogP contribution in [0.3, 0.4) is 0 Å². The predicted molar refractivity (Wildman–Crippen MR) is 67.7 cm³/mol. The topological polar surface area (TPSA) is 44.8 Å². The SMILES string of the molecule is CCOP(=O)(OCCCl)Oc1ccccc1C. The average Bonchev–Trinajstić information content (AvgIpc) is 2.30. The van der Waals surface area contributed by atoms with Gasteiger partial charge in [0.05, 0.1) is 13.2 Å². The first-order valence-corrected chi connectivity index (χ1v) is 7.31. The first-order chi connectivity index (χ1) is 8.11. The predicted octanol–water partition coefficient (Wildman–Crippen LogP) is 3.77. The van der Waals surface area contributed by atoms with E-state index in [-0.39, 0.29) is 19.1 Å². The van der Waals surface area contributed by atoms with E-state index in [1.165, 1.54) is 0 Å². The number of hydrogen-bond donors (Lipinski definition) is 0. The number of phosphoric ester groups is 1. The third-order valence-corrected chi connectivity index (χ3v) is 3.57. The molecule has 1 aromatic carbocycles. The Balaban J connectivity index is 2.79. The van der Waals surface area contributed by atoms with E-state index in [2.05, 4.69) is 0 Å². The van der Waals surface area contributed by atoms with E-state index in [0.29, 0.717) is 5.75 Å². The van der Waals surface area contributed by atoms with Crippen LogP contribution in [0.25, 0.3) is 0 Å². The second-order valence-corrected chi connectivity index (χ2v) is 5.22. The van der Waals surface area contributed by atoms with Crippen LogP contribution in [0.5, 0.6) is 5.75 Å². The molecule has 6 heteroatoms. The third kappa shape index (κ3) is 4.68. The van der Waals surface area contributed by atoms with Gasteiger partial charge in [-0.1, -0.05) is 18.2 Å². The van der Waals surface area contributed by atoms with Crippen molar-refractivity contribution in [1.82, 2.24) is 0 Å². The van der Waals surface area contributed by atoms with Crippen molar-refractivity contribution in [3.05, 3.63) is 29.8 Å². The molecule has 4 nitrogen and oxygen atoms in total. The Kier molecular flexibility index (Phi) is 6.00. The van der Waals surface area contributed by atoms with E-state index in [1.54, 1.807) is 19.1 Å². The van der Waals surface area contributed by atoms with Crippen LogP contribution < -0.4 is 4.52 Å². The summed E-state index contributed by atoms with van der Waals surface area (Å²) in [6, 6.07) is 7.23. The molecule has 1 rings (SSSR count). The number of phosphoric acid groups is 1. The number of benzene rings is 1. The zero-order valence-corrected chi connectivity index (χ0v) is 11.5. The summed E-state index contributed by atoms with van der Waals surface area (Å²) < 4.78 is 27.6. The summed E-state index contributed by atoms with van der Waals surface area (Å²) in [5.41, 5.74) is 0.863. The summed E-state index contributed by atoms with van der Waals surface area (Å²) in [4.78, 5) is 0. The van der Waals surface area contributed by atoms with E-state index in [9.17, 15) is 4.57 Å². The molecule has 0 aromatic heterocycles. The van der Waals surface area contributed by atoms with Crippen LogP contribution in [0.4, 0.5) is 0 Å². The number of alkyl halides is 1. The molecule has 17 heavy (non-hydrogen) atoms. The smallest absolute Gasteiger partial charge is 0.404 e. The molecule has 1 aromatic rings. The van der Waals surface area contributed by atoms with Crippen LogP contribution in [-0.2, 0) is 13.6 Å². The number of halogens is 1. The van der Waals surface area contributed by atoms with Crippen LogP contribution >= 0.6 is 19.4 Å². The van der Waals surface area contributed by atoms with Crippen molar-refractivity contribution in [2.24, 2.45) is 0 Å². The maximum atomic E-state index is 12.2. The van der Waals surface area contributed by atoms with Crippen molar-refractivity contribution in [1.29, 1.82) is 0 Å². The molecule has 96 valence electrons. The highest BCUT2D eigenvalue weighted by Crippen LogP contribution is 2.49. The third-order valence-electron chi connectivity index (χ3n) is 1.92. The number of aryl methyl sites for hydroxylation is 1. The van der Waals surface area contributed by atoms with Crippen molar-refractivity contribution in [2.45, 2.75) is 13.8 Å². The molecule has 0 spiro atoms. The fourth-order valence-corrected chi connectivity index (χ4v) is 2.62. The highest BCUT2D eigenvalue weighted by Gasteiger charge is 2.28. The van der Waals surface area contributed by atoms with Gasteiger partial charge in [0.2, 0.25) is 0 Å².